The summed E-state index contributed by atoms with van der Waals surface area (Å²) < 4.78 is 1.25. The summed E-state index contributed by atoms with van der Waals surface area (Å²) in [5.41, 5.74) is 11.7. The van der Waals surface area contributed by atoms with Gasteiger partial charge in [0.1, 0.15) is 5.52 Å². The molecule has 0 aliphatic heterocycles. The molecule has 2 heterocycles. The Balaban J connectivity index is 2.20. The molecular formula is C14H11N6O3. The Morgan fingerprint density at radius 3 is 2.74 bits per heavy atom. The molecule has 1 aromatic carbocycles. The van der Waals surface area contributed by atoms with Crippen LogP contribution >= 0.6 is 0 Å². The number of H-pyrrole nitrogens is 1. The molecule has 1 radical (unpaired) electrons. The number of aromatic nitrogens is 4. The van der Waals surface area contributed by atoms with Crippen LogP contribution in [0.15, 0.2) is 29.1 Å². The van der Waals surface area contributed by atoms with Gasteiger partial charge in [-0.3, -0.25) is 14.2 Å². The highest BCUT2D eigenvalue weighted by Gasteiger charge is 2.16. The van der Waals surface area contributed by atoms with E-state index in [1.54, 1.807) is 24.3 Å². The van der Waals surface area contributed by atoms with Gasteiger partial charge >= 0.3 is 5.69 Å². The number of hydrogen-bond donors (Lipinski definition) is 3. The van der Waals surface area contributed by atoms with Crippen molar-refractivity contribution in [1.29, 1.82) is 0 Å². The maximum absolute atomic E-state index is 12.1. The van der Waals surface area contributed by atoms with Gasteiger partial charge in [0.15, 0.2) is 11.5 Å². The predicted molar refractivity (Wildman–Crippen MR) is 81.4 cm³/mol. The number of hydrogen-bond acceptors (Lipinski definition) is 6. The molecule has 0 bridgehead atoms. The van der Waals surface area contributed by atoms with Crippen molar-refractivity contribution in [2.24, 2.45) is 5.73 Å². The summed E-state index contributed by atoms with van der Waals surface area (Å²) in [5, 5.41) is 0. The zero-order valence-corrected chi connectivity index (χ0v) is 11.7. The first-order chi connectivity index (χ1) is 11.0. The number of rotatable bonds is 4. The average Bonchev–Trinajstić information content (AvgIpc) is 2.84. The Kier molecular flexibility index (Phi) is 3.37. The van der Waals surface area contributed by atoms with Crippen LogP contribution in [-0.2, 0) is 11.3 Å². The number of benzene rings is 1. The molecule has 1 amide bonds. The lowest BCUT2D eigenvalue weighted by molar-refractivity contribution is 0.0999. The third-order valence-electron chi connectivity index (χ3n) is 3.35. The van der Waals surface area contributed by atoms with E-state index in [9.17, 15) is 14.4 Å². The first kappa shape index (κ1) is 14.4. The van der Waals surface area contributed by atoms with Gasteiger partial charge in [-0.05, 0) is 11.6 Å². The number of primary amides is 1. The number of aromatic amines is 1. The number of nitrogens with one attached hydrogen (secondary N) is 1. The van der Waals surface area contributed by atoms with E-state index >= 15 is 0 Å². The summed E-state index contributed by atoms with van der Waals surface area (Å²) in [6, 6.07) is 6.62. The second-order valence-corrected chi connectivity index (χ2v) is 4.77. The molecule has 0 spiro atoms. The fraction of sp³-hybridized carbons (Fsp3) is 0.0714. The van der Waals surface area contributed by atoms with Gasteiger partial charge < -0.3 is 16.5 Å². The van der Waals surface area contributed by atoms with E-state index in [0.717, 1.165) is 0 Å². The van der Waals surface area contributed by atoms with Crippen molar-refractivity contribution in [2.75, 3.05) is 5.73 Å². The van der Waals surface area contributed by atoms with Crippen molar-refractivity contribution in [3.63, 3.8) is 0 Å². The minimum atomic E-state index is -0.607. The Morgan fingerprint density at radius 1 is 1.30 bits per heavy atom. The summed E-state index contributed by atoms with van der Waals surface area (Å²) in [7, 11) is 0. The number of fused-ring (bicyclic) bond motifs is 1. The summed E-state index contributed by atoms with van der Waals surface area (Å²) in [6.45, 7) is 0.0344. The third kappa shape index (κ3) is 2.44. The molecule has 23 heavy (non-hydrogen) atoms. The quantitative estimate of drug-likeness (QED) is 0.580. The molecule has 9 nitrogen and oxygen atoms in total. The van der Waals surface area contributed by atoms with Crippen LogP contribution in [-0.4, -0.2) is 31.7 Å². The van der Waals surface area contributed by atoms with Crippen LogP contribution in [0.3, 0.4) is 0 Å². The number of imidazole rings is 1. The van der Waals surface area contributed by atoms with Crippen LogP contribution < -0.4 is 17.2 Å². The zero-order chi connectivity index (χ0) is 16.6. The number of carbonyl (C=O) groups excluding carboxylic acids is 2. The van der Waals surface area contributed by atoms with Gasteiger partial charge in [-0.2, -0.15) is 0 Å². The highest BCUT2D eigenvalue weighted by atomic mass is 16.1. The van der Waals surface area contributed by atoms with Crippen molar-refractivity contribution in [2.45, 2.75) is 6.54 Å². The second-order valence-electron chi connectivity index (χ2n) is 4.77. The number of nitrogen functional groups attached to an aromatic ring is 1. The van der Waals surface area contributed by atoms with Gasteiger partial charge in [0.2, 0.25) is 11.7 Å². The number of nitrogens with zero attached hydrogens (tertiary/aromatic N) is 3. The van der Waals surface area contributed by atoms with Gasteiger partial charge in [0.05, 0.1) is 6.54 Å². The first-order valence-electron chi connectivity index (χ1n) is 6.53. The van der Waals surface area contributed by atoms with Gasteiger partial charge in [-0.1, -0.05) is 18.2 Å². The van der Waals surface area contributed by atoms with E-state index < -0.39 is 11.6 Å². The average molecular weight is 311 g/mol. The van der Waals surface area contributed by atoms with Crippen molar-refractivity contribution in [3.8, 4) is 0 Å². The van der Waals surface area contributed by atoms with Crippen molar-refractivity contribution in [1.82, 2.24) is 19.5 Å². The molecule has 3 aromatic rings. The van der Waals surface area contributed by atoms with Gasteiger partial charge in [0.25, 0.3) is 6.29 Å². The second kappa shape index (κ2) is 5.37. The number of carbonyl (C=O) groups is 1. The summed E-state index contributed by atoms with van der Waals surface area (Å²) in [4.78, 5) is 44.6. The molecule has 0 fully saturated rings. The first-order valence-corrected chi connectivity index (χ1v) is 6.53. The largest absolute Gasteiger partial charge is 0.382 e. The van der Waals surface area contributed by atoms with E-state index in [-0.39, 0.29) is 34.9 Å². The molecule has 3 rings (SSSR count). The lowest BCUT2D eigenvalue weighted by Gasteiger charge is -2.07. The van der Waals surface area contributed by atoms with Crippen molar-refractivity contribution < 1.29 is 9.59 Å². The van der Waals surface area contributed by atoms with Gasteiger partial charge in [-0.15, -0.1) is 0 Å². The predicted octanol–water partition coefficient (Wildman–Crippen LogP) is -0.693. The Morgan fingerprint density at radius 2 is 2.04 bits per heavy atom. The van der Waals surface area contributed by atoms with E-state index in [1.165, 1.54) is 10.9 Å². The third-order valence-corrected chi connectivity index (χ3v) is 3.35. The monoisotopic (exact) mass is 311 g/mol. The standard InChI is InChI=1S/C14H11N6O3/c15-11-10-13(18-9(6-21)17-11)20(14(23)19-10)5-7-3-1-2-4-8(7)12(16)22/h1-4H,5H2,(H2,16,22)(H,19,23)(H2,15,17,18). The number of amides is 1. The van der Waals surface area contributed by atoms with Gasteiger partial charge in [-0.25, -0.2) is 14.8 Å². The molecule has 5 N–H and O–H groups in total. The molecule has 0 aliphatic carbocycles. The smallest absolute Gasteiger partial charge is 0.328 e. The SMILES string of the molecule is NC(=O)c1ccccc1Cn1c(=O)[nH]c2c(N)nc([C]=O)nc21. The van der Waals surface area contributed by atoms with Crippen molar-refractivity contribution in [3.05, 3.63) is 51.7 Å². The lowest BCUT2D eigenvalue weighted by atomic mass is 10.1. The number of nitrogens with two attached hydrogens (primary N) is 2. The molecular weight excluding hydrogens is 300 g/mol. The molecule has 0 atom stereocenters. The maximum atomic E-state index is 12.1. The van der Waals surface area contributed by atoms with Crippen LogP contribution in [0, 0.1) is 0 Å². The van der Waals surface area contributed by atoms with Crippen LogP contribution in [0.25, 0.3) is 11.2 Å². The highest BCUT2D eigenvalue weighted by Crippen LogP contribution is 2.16. The molecule has 0 unspecified atom stereocenters. The van der Waals surface area contributed by atoms with E-state index in [2.05, 4.69) is 15.0 Å². The fourth-order valence-corrected chi connectivity index (χ4v) is 2.31. The molecule has 0 saturated heterocycles. The topological polar surface area (TPSA) is 150 Å². The Hall–Kier alpha value is -3.49. The fourth-order valence-electron chi connectivity index (χ4n) is 2.31. The maximum Gasteiger partial charge on any atom is 0.328 e. The molecule has 115 valence electrons. The van der Waals surface area contributed by atoms with E-state index in [1.807, 2.05) is 0 Å². The lowest BCUT2D eigenvalue weighted by Crippen LogP contribution is -2.21. The molecule has 9 heteroatoms. The zero-order valence-electron chi connectivity index (χ0n) is 11.7. The van der Waals surface area contributed by atoms with Crippen LogP contribution in [0.1, 0.15) is 21.7 Å². The molecule has 0 saturated carbocycles. The minimum Gasteiger partial charge on any atom is -0.382 e. The molecule has 0 aliphatic rings. The Bertz CT molecular complexity index is 988. The highest BCUT2D eigenvalue weighted by molar-refractivity contribution is 5.94. The van der Waals surface area contributed by atoms with Crippen LogP contribution in [0.2, 0.25) is 0 Å². The van der Waals surface area contributed by atoms with Crippen molar-refractivity contribution >= 4 is 29.2 Å². The van der Waals surface area contributed by atoms with E-state index in [4.69, 9.17) is 11.5 Å². The Labute approximate surface area is 129 Å². The summed E-state index contributed by atoms with van der Waals surface area (Å²) in [5.74, 6) is -0.900. The number of anilines is 1. The normalized spacial score (nSPS) is 10.8. The van der Waals surface area contributed by atoms with Crippen LogP contribution in [0.5, 0.6) is 0 Å². The summed E-state index contributed by atoms with van der Waals surface area (Å²) >= 11 is 0. The molecule has 2 aromatic heterocycles. The van der Waals surface area contributed by atoms with Crippen LogP contribution in [0.4, 0.5) is 5.82 Å². The van der Waals surface area contributed by atoms with Gasteiger partial charge in [0, 0.05) is 5.56 Å². The van der Waals surface area contributed by atoms with E-state index in [0.29, 0.717) is 5.56 Å². The summed E-state index contributed by atoms with van der Waals surface area (Å²) in [6.07, 6.45) is 1.53. The minimum absolute atomic E-state index is 0.0344.